The summed E-state index contributed by atoms with van der Waals surface area (Å²) >= 11 is 12.2. The van der Waals surface area contributed by atoms with Crippen LogP contribution in [-0.4, -0.2) is 35.9 Å². The first kappa shape index (κ1) is 27.0. The van der Waals surface area contributed by atoms with Crippen molar-refractivity contribution in [3.8, 4) is 5.75 Å². The van der Waals surface area contributed by atoms with Crippen molar-refractivity contribution in [1.82, 2.24) is 10.2 Å². The number of aryl methyl sites for hydroxylation is 2. The van der Waals surface area contributed by atoms with E-state index in [9.17, 15) is 9.59 Å². The molecular weight excluding hydrogens is 459 g/mol. The summed E-state index contributed by atoms with van der Waals surface area (Å²) in [6, 6.07) is 8.59. The van der Waals surface area contributed by atoms with Crippen molar-refractivity contribution in [3.63, 3.8) is 0 Å². The normalized spacial score (nSPS) is 11.9. The lowest BCUT2D eigenvalue weighted by atomic mass is 10.1. The van der Waals surface area contributed by atoms with Gasteiger partial charge in [0.05, 0.1) is 10.0 Å². The van der Waals surface area contributed by atoms with E-state index in [-0.39, 0.29) is 25.0 Å². The number of amides is 2. The zero-order valence-electron chi connectivity index (χ0n) is 20.3. The van der Waals surface area contributed by atoms with Crippen LogP contribution in [0.2, 0.25) is 10.0 Å². The lowest BCUT2D eigenvalue weighted by Gasteiger charge is -2.31. The van der Waals surface area contributed by atoms with E-state index in [1.165, 1.54) is 0 Å². The predicted molar refractivity (Wildman–Crippen MR) is 135 cm³/mol. The van der Waals surface area contributed by atoms with E-state index in [0.29, 0.717) is 34.7 Å². The fourth-order valence-electron chi connectivity index (χ4n) is 3.55. The molecule has 7 heteroatoms. The van der Waals surface area contributed by atoms with Gasteiger partial charge in [0.1, 0.15) is 11.8 Å². The number of rotatable bonds is 10. The topological polar surface area (TPSA) is 58.6 Å². The van der Waals surface area contributed by atoms with Crippen LogP contribution in [0.1, 0.15) is 49.4 Å². The average molecular weight is 493 g/mol. The molecule has 0 unspecified atom stereocenters. The van der Waals surface area contributed by atoms with Crippen LogP contribution in [0.4, 0.5) is 0 Å². The maximum Gasteiger partial charge on any atom is 0.261 e. The molecular formula is C26H34Cl2N2O3. The highest BCUT2D eigenvalue weighted by molar-refractivity contribution is 6.42. The highest BCUT2D eigenvalue weighted by Gasteiger charge is 2.29. The standard InChI is InChI=1S/C26H34Cl2N2O3/c1-7-23(26(32)29-13-16(2)3)30(14-20-8-9-21(27)22(28)12-20)25(31)15-33-24-11-17(4)10-18(5)19(24)6/h8-12,16,23H,7,13-15H2,1-6H3,(H,29,32)/t23-/m0/s1. The summed E-state index contributed by atoms with van der Waals surface area (Å²) in [7, 11) is 0. The minimum atomic E-state index is -0.630. The van der Waals surface area contributed by atoms with Crippen molar-refractivity contribution < 1.29 is 14.3 Å². The third kappa shape index (κ3) is 7.65. The SMILES string of the molecule is CC[C@@H](C(=O)NCC(C)C)N(Cc1ccc(Cl)c(Cl)c1)C(=O)COc1cc(C)cc(C)c1C. The van der Waals surface area contributed by atoms with Crippen molar-refractivity contribution in [2.75, 3.05) is 13.2 Å². The number of ether oxygens (including phenoxy) is 1. The molecule has 0 aliphatic carbocycles. The van der Waals surface area contributed by atoms with Gasteiger partial charge in [-0.2, -0.15) is 0 Å². The number of hydrogen-bond acceptors (Lipinski definition) is 3. The Morgan fingerprint density at radius 3 is 2.36 bits per heavy atom. The summed E-state index contributed by atoms with van der Waals surface area (Å²) in [6.07, 6.45) is 0.472. The molecule has 0 spiro atoms. The van der Waals surface area contributed by atoms with Crippen LogP contribution in [-0.2, 0) is 16.1 Å². The van der Waals surface area contributed by atoms with E-state index >= 15 is 0 Å². The minimum absolute atomic E-state index is 0.168. The molecule has 0 aliphatic rings. The summed E-state index contributed by atoms with van der Waals surface area (Å²) in [6.45, 7) is 12.5. The van der Waals surface area contributed by atoms with Crippen LogP contribution in [0.3, 0.4) is 0 Å². The predicted octanol–water partition coefficient (Wildman–Crippen LogP) is 5.88. The zero-order chi connectivity index (χ0) is 24.7. The largest absolute Gasteiger partial charge is 0.483 e. The maximum absolute atomic E-state index is 13.4. The van der Waals surface area contributed by atoms with Gasteiger partial charge in [-0.3, -0.25) is 9.59 Å². The van der Waals surface area contributed by atoms with Crippen molar-refractivity contribution in [2.24, 2.45) is 5.92 Å². The molecule has 0 fully saturated rings. The van der Waals surface area contributed by atoms with Gasteiger partial charge in [-0.05, 0) is 73.6 Å². The molecule has 0 heterocycles. The van der Waals surface area contributed by atoms with Crippen LogP contribution in [0.25, 0.3) is 0 Å². The molecule has 2 rings (SSSR count). The molecule has 0 radical (unpaired) electrons. The van der Waals surface area contributed by atoms with Gasteiger partial charge >= 0.3 is 0 Å². The lowest BCUT2D eigenvalue weighted by molar-refractivity contribution is -0.143. The zero-order valence-corrected chi connectivity index (χ0v) is 21.8. The third-order valence-electron chi connectivity index (χ3n) is 5.52. The number of nitrogens with zero attached hydrogens (tertiary/aromatic N) is 1. The molecule has 5 nitrogen and oxygen atoms in total. The van der Waals surface area contributed by atoms with Crippen LogP contribution < -0.4 is 10.1 Å². The maximum atomic E-state index is 13.4. The molecule has 180 valence electrons. The van der Waals surface area contributed by atoms with E-state index in [1.807, 2.05) is 53.7 Å². The molecule has 0 aliphatic heterocycles. The van der Waals surface area contributed by atoms with E-state index in [4.69, 9.17) is 27.9 Å². The Hall–Kier alpha value is -2.24. The summed E-state index contributed by atoms with van der Waals surface area (Å²) in [5.74, 6) is 0.530. The van der Waals surface area contributed by atoms with Crippen molar-refractivity contribution in [1.29, 1.82) is 0 Å². The second kappa shape index (κ2) is 12.3. The van der Waals surface area contributed by atoms with Crippen LogP contribution >= 0.6 is 23.2 Å². The monoisotopic (exact) mass is 492 g/mol. The highest BCUT2D eigenvalue weighted by atomic mass is 35.5. The van der Waals surface area contributed by atoms with Gasteiger partial charge in [0, 0.05) is 13.1 Å². The van der Waals surface area contributed by atoms with Crippen molar-refractivity contribution in [3.05, 3.63) is 62.6 Å². The second-order valence-corrected chi connectivity index (χ2v) is 9.64. The molecule has 33 heavy (non-hydrogen) atoms. The smallest absolute Gasteiger partial charge is 0.261 e. The summed E-state index contributed by atoms with van der Waals surface area (Å²) in [5.41, 5.74) is 3.94. The quantitative estimate of drug-likeness (QED) is 0.450. The molecule has 2 aromatic carbocycles. The first-order valence-electron chi connectivity index (χ1n) is 11.2. The Morgan fingerprint density at radius 2 is 1.76 bits per heavy atom. The Balaban J connectivity index is 2.28. The average Bonchev–Trinajstić information content (AvgIpc) is 2.75. The fourth-order valence-corrected chi connectivity index (χ4v) is 3.87. The number of halogens is 2. The molecule has 0 aromatic heterocycles. The van der Waals surface area contributed by atoms with Gasteiger partial charge < -0.3 is 15.0 Å². The number of nitrogens with one attached hydrogen (secondary N) is 1. The van der Waals surface area contributed by atoms with Gasteiger partial charge in [0.15, 0.2) is 6.61 Å². The third-order valence-corrected chi connectivity index (χ3v) is 6.26. The Kier molecular flexibility index (Phi) is 10.1. The molecule has 0 saturated carbocycles. The van der Waals surface area contributed by atoms with Crippen LogP contribution in [0.15, 0.2) is 30.3 Å². The molecule has 1 atom stereocenters. The highest BCUT2D eigenvalue weighted by Crippen LogP contribution is 2.25. The lowest BCUT2D eigenvalue weighted by Crippen LogP contribution is -2.50. The minimum Gasteiger partial charge on any atom is -0.483 e. The first-order chi connectivity index (χ1) is 15.5. The summed E-state index contributed by atoms with van der Waals surface area (Å²) in [5, 5.41) is 3.79. The van der Waals surface area contributed by atoms with E-state index in [0.717, 1.165) is 22.3 Å². The van der Waals surface area contributed by atoms with Gasteiger partial charge in [0.25, 0.3) is 5.91 Å². The molecule has 1 N–H and O–H groups in total. The fraction of sp³-hybridized carbons (Fsp3) is 0.462. The van der Waals surface area contributed by atoms with Gasteiger partial charge in [0.2, 0.25) is 5.91 Å². The molecule has 0 saturated heterocycles. The van der Waals surface area contributed by atoms with Crippen molar-refractivity contribution in [2.45, 2.75) is 60.5 Å². The van der Waals surface area contributed by atoms with Crippen molar-refractivity contribution >= 4 is 35.0 Å². The summed E-state index contributed by atoms with van der Waals surface area (Å²) < 4.78 is 5.92. The Bertz CT molecular complexity index is 992. The van der Waals surface area contributed by atoms with E-state index in [1.54, 1.807) is 17.0 Å². The Labute approximate surface area is 207 Å². The van der Waals surface area contributed by atoms with E-state index < -0.39 is 6.04 Å². The number of carbonyl (C=O) groups excluding carboxylic acids is 2. The van der Waals surface area contributed by atoms with E-state index in [2.05, 4.69) is 11.4 Å². The first-order valence-corrected chi connectivity index (χ1v) is 12.0. The molecule has 2 aromatic rings. The number of carbonyl (C=O) groups is 2. The molecule has 2 amide bonds. The van der Waals surface area contributed by atoms with Crippen LogP contribution in [0, 0.1) is 26.7 Å². The van der Waals surface area contributed by atoms with Crippen LogP contribution in [0.5, 0.6) is 5.75 Å². The van der Waals surface area contributed by atoms with Gasteiger partial charge in [-0.25, -0.2) is 0 Å². The number of benzene rings is 2. The van der Waals surface area contributed by atoms with Gasteiger partial charge in [-0.15, -0.1) is 0 Å². The molecule has 0 bridgehead atoms. The Morgan fingerprint density at radius 1 is 1.06 bits per heavy atom. The van der Waals surface area contributed by atoms with Gasteiger partial charge in [-0.1, -0.05) is 56.1 Å². The summed E-state index contributed by atoms with van der Waals surface area (Å²) in [4.78, 5) is 27.9. The number of hydrogen-bond donors (Lipinski definition) is 1. The second-order valence-electron chi connectivity index (χ2n) is 8.83.